The number of piperidine rings is 1. The van der Waals surface area contributed by atoms with Crippen molar-refractivity contribution in [2.24, 2.45) is 11.7 Å². The maximum Gasteiger partial charge on any atom is 0.257 e. The van der Waals surface area contributed by atoms with Gasteiger partial charge in [0.25, 0.3) is 11.8 Å². The SMILES string of the molecule is CCCCc1ccc(OC)c(-c2csc(NC(=O)c3ccc(C(=O)N4CCC(N5CC[C@H](C(C)=O)C5N)CC4)cc3)n2)c1. The van der Waals surface area contributed by atoms with E-state index in [1.54, 1.807) is 38.3 Å². The second-order valence-corrected chi connectivity index (χ2v) is 12.3. The predicted molar refractivity (Wildman–Crippen MR) is 170 cm³/mol. The number of amides is 2. The second-order valence-electron chi connectivity index (χ2n) is 11.5. The Morgan fingerprint density at radius 2 is 1.77 bits per heavy atom. The summed E-state index contributed by atoms with van der Waals surface area (Å²) in [5.41, 5.74) is 10.3. The van der Waals surface area contributed by atoms with Gasteiger partial charge in [-0.1, -0.05) is 19.4 Å². The first-order valence-corrected chi connectivity index (χ1v) is 16.0. The number of aromatic nitrogens is 1. The maximum atomic E-state index is 13.2. The molecule has 1 unspecified atom stereocenters. The number of likely N-dealkylation sites (tertiary alicyclic amines) is 2. The number of Topliss-reactive ketones (excluding diaryl/α,β-unsaturated/α-hetero) is 1. The summed E-state index contributed by atoms with van der Waals surface area (Å²) in [7, 11) is 1.64. The lowest BCUT2D eigenvalue weighted by Crippen LogP contribution is -2.52. The quantitative estimate of drug-likeness (QED) is 0.327. The van der Waals surface area contributed by atoms with Crippen molar-refractivity contribution in [3.63, 3.8) is 0 Å². The highest BCUT2D eigenvalue weighted by molar-refractivity contribution is 7.14. The highest BCUT2D eigenvalue weighted by Crippen LogP contribution is 2.34. The smallest absolute Gasteiger partial charge is 0.257 e. The van der Waals surface area contributed by atoms with Crippen molar-refractivity contribution in [3.05, 3.63) is 64.5 Å². The number of hydrogen-bond acceptors (Lipinski definition) is 8. The van der Waals surface area contributed by atoms with Gasteiger partial charge in [0.2, 0.25) is 0 Å². The highest BCUT2D eigenvalue weighted by Gasteiger charge is 2.39. The number of nitrogens with one attached hydrogen (secondary N) is 1. The summed E-state index contributed by atoms with van der Waals surface area (Å²) in [5.74, 6) is 0.478. The van der Waals surface area contributed by atoms with Crippen molar-refractivity contribution < 1.29 is 19.1 Å². The molecule has 2 aromatic carbocycles. The van der Waals surface area contributed by atoms with Gasteiger partial charge in [0.15, 0.2) is 5.13 Å². The average molecular weight is 604 g/mol. The molecule has 2 aliphatic heterocycles. The Morgan fingerprint density at radius 1 is 1.05 bits per heavy atom. The molecule has 2 amide bonds. The van der Waals surface area contributed by atoms with Crippen molar-refractivity contribution in [1.82, 2.24) is 14.8 Å². The van der Waals surface area contributed by atoms with E-state index in [2.05, 4.69) is 34.3 Å². The number of unbranched alkanes of at least 4 members (excludes halogenated alkanes) is 1. The van der Waals surface area contributed by atoms with E-state index < -0.39 is 0 Å². The molecule has 0 spiro atoms. The topological polar surface area (TPSA) is 118 Å². The van der Waals surface area contributed by atoms with Crippen molar-refractivity contribution in [2.45, 2.75) is 64.6 Å². The second kappa shape index (κ2) is 13.8. The standard InChI is InChI=1S/C33H41N5O4S/c1-4-5-6-22-7-12-29(42-3)27(19-22)28-20-43-33(35-28)36-31(40)23-8-10-24(11-9-23)32(41)37-16-13-25(14-17-37)38-18-15-26(21(2)39)30(38)34/h7-12,19-20,25-26,30H,4-6,13-18,34H2,1-3H3,(H,35,36,40)/t26-,30?/m1/s1. The zero-order valence-electron chi connectivity index (χ0n) is 25.2. The molecule has 9 nitrogen and oxygen atoms in total. The van der Waals surface area contributed by atoms with Gasteiger partial charge in [0, 0.05) is 53.7 Å². The monoisotopic (exact) mass is 603 g/mol. The Bertz CT molecular complexity index is 1450. The van der Waals surface area contributed by atoms with Crippen LogP contribution in [0.2, 0.25) is 0 Å². The summed E-state index contributed by atoms with van der Waals surface area (Å²) in [6.07, 6.45) is 5.47. The predicted octanol–water partition coefficient (Wildman–Crippen LogP) is 5.21. The molecule has 2 atom stereocenters. The Labute approximate surface area is 257 Å². The molecule has 0 aliphatic carbocycles. The number of ketones is 1. The number of hydrogen-bond donors (Lipinski definition) is 2. The van der Waals surface area contributed by atoms with Crippen molar-refractivity contribution in [3.8, 4) is 17.0 Å². The molecular weight excluding hydrogens is 562 g/mol. The Balaban J connectivity index is 1.17. The summed E-state index contributed by atoms with van der Waals surface area (Å²) < 4.78 is 5.57. The fourth-order valence-electron chi connectivity index (χ4n) is 6.17. The number of benzene rings is 2. The largest absolute Gasteiger partial charge is 0.496 e. The van der Waals surface area contributed by atoms with Gasteiger partial charge in [-0.25, -0.2) is 4.98 Å². The molecular formula is C33H41N5O4S. The first-order valence-electron chi connectivity index (χ1n) is 15.1. The first kappa shape index (κ1) is 30.8. The van der Waals surface area contributed by atoms with Crippen LogP contribution >= 0.6 is 11.3 Å². The summed E-state index contributed by atoms with van der Waals surface area (Å²) in [5, 5.41) is 5.30. The number of aryl methyl sites for hydroxylation is 1. The van der Waals surface area contributed by atoms with Crippen LogP contribution in [0.4, 0.5) is 5.13 Å². The van der Waals surface area contributed by atoms with Gasteiger partial charge in [-0.05, 0) is 81.0 Å². The molecule has 1 aromatic heterocycles. The number of rotatable bonds is 10. The number of anilines is 1. The number of nitrogens with two attached hydrogens (primary N) is 1. The third kappa shape index (κ3) is 6.98. The highest BCUT2D eigenvalue weighted by atomic mass is 32.1. The molecule has 43 heavy (non-hydrogen) atoms. The van der Waals surface area contributed by atoms with E-state index in [4.69, 9.17) is 10.5 Å². The zero-order valence-corrected chi connectivity index (χ0v) is 26.0. The number of carbonyl (C=O) groups excluding carboxylic acids is 3. The number of nitrogens with zero attached hydrogens (tertiary/aromatic N) is 3. The molecule has 0 radical (unpaired) electrons. The van der Waals surface area contributed by atoms with E-state index in [-0.39, 0.29) is 35.7 Å². The Morgan fingerprint density at radius 3 is 2.42 bits per heavy atom. The van der Waals surface area contributed by atoms with Gasteiger partial charge in [-0.15, -0.1) is 11.3 Å². The van der Waals surface area contributed by atoms with E-state index in [0.717, 1.165) is 62.1 Å². The number of carbonyl (C=O) groups is 3. The van der Waals surface area contributed by atoms with E-state index in [9.17, 15) is 14.4 Å². The van der Waals surface area contributed by atoms with Gasteiger partial charge in [0.1, 0.15) is 11.5 Å². The van der Waals surface area contributed by atoms with Gasteiger partial charge >= 0.3 is 0 Å². The van der Waals surface area contributed by atoms with Crippen LogP contribution in [0.5, 0.6) is 5.75 Å². The fourth-order valence-corrected chi connectivity index (χ4v) is 6.88. The van der Waals surface area contributed by atoms with Crippen molar-refractivity contribution >= 4 is 34.1 Å². The van der Waals surface area contributed by atoms with Crippen molar-refractivity contribution in [2.75, 3.05) is 32.1 Å². The maximum absolute atomic E-state index is 13.2. The summed E-state index contributed by atoms with van der Waals surface area (Å²) in [6.45, 7) is 5.90. The lowest BCUT2D eigenvalue weighted by Gasteiger charge is -2.39. The summed E-state index contributed by atoms with van der Waals surface area (Å²) in [6, 6.07) is 13.2. The summed E-state index contributed by atoms with van der Waals surface area (Å²) >= 11 is 1.36. The molecule has 2 saturated heterocycles. The molecule has 0 saturated carbocycles. The van der Waals surface area contributed by atoms with E-state index in [1.165, 1.54) is 16.9 Å². The molecule has 3 N–H and O–H groups in total. The average Bonchev–Trinajstić information content (AvgIpc) is 3.66. The van der Waals surface area contributed by atoms with Crippen LogP contribution in [0.25, 0.3) is 11.3 Å². The van der Waals surface area contributed by atoms with Crippen LogP contribution in [-0.4, -0.2) is 71.3 Å². The lowest BCUT2D eigenvalue weighted by atomic mass is 9.99. The van der Waals surface area contributed by atoms with Gasteiger partial charge in [-0.3, -0.25) is 24.6 Å². The van der Waals surface area contributed by atoms with Crippen LogP contribution in [-0.2, 0) is 11.2 Å². The first-order chi connectivity index (χ1) is 20.8. The fraction of sp³-hybridized carbons (Fsp3) is 0.455. The minimum Gasteiger partial charge on any atom is -0.496 e. The van der Waals surface area contributed by atoms with Crippen LogP contribution in [0.1, 0.15) is 72.2 Å². The molecule has 3 heterocycles. The van der Waals surface area contributed by atoms with Gasteiger partial charge in [-0.2, -0.15) is 0 Å². The van der Waals surface area contributed by atoms with Crippen LogP contribution in [0.3, 0.4) is 0 Å². The molecule has 3 aromatic rings. The number of ether oxygens (including phenoxy) is 1. The van der Waals surface area contributed by atoms with Crippen LogP contribution in [0, 0.1) is 5.92 Å². The van der Waals surface area contributed by atoms with E-state index in [0.29, 0.717) is 29.3 Å². The van der Waals surface area contributed by atoms with E-state index in [1.807, 2.05) is 16.3 Å². The molecule has 10 heteroatoms. The van der Waals surface area contributed by atoms with Crippen molar-refractivity contribution in [1.29, 1.82) is 0 Å². The molecule has 2 aliphatic rings. The molecule has 228 valence electrons. The summed E-state index contributed by atoms with van der Waals surface area (Å²) in [4.78, 5) is 46.8. The molecule has 5 rings (SSSR count). The Kier molecular flexibility index (Phi) is 9.90. The molecule has 0 bridgehead atoms. The van der Waals surface area contributed by atoms with Gasteiger partial charge in [0.05, 0.1) is 19.0 Å². The third-order valence-electron chi connectivity index (χ3n) is 8.71. The molecule has 2 fully saturated rings. The van der Waals surface area contributed by atoms with Crippen LogP contribution in [0.15, 0.2) is 47.8 Å². The number of thiazole rings is 1. The van der Waals surface area contributed by atoms with Crippen LogP contribution < -0.4 is 15.8 Å². The number of methoxy groups -OCH3 is 1. The zero-order chi connectivity index (χ0) is 30.5. The lowest BCUT2D eigenvalue weighted by molar-refractivity contribution is -0.121. The van der Waals surface area contributed by atoms with E-state index >= 15 is 0 Å². The minimum absolute atomic E-state index is 0.0441. The van der Waals surface area contributed by atoms with Gasteiger partial charge < -0.3 is 15.4 Å². The third-order valence-corrected chi connectivity index (χ3v) is 9.47. The Hall–Kier alpha value is -3.60. The minimum atomic E-state index is -0.282. The normalized spacial score (nSPS) is 19.4.